The van der Waals surface area contributed by atoms with E-state index in [0.717, 1.165) is 6.26 Å². The highest BCUT2D eigenvalue weighted by Gasteiger charge is 2.68. The molecule has 1 fully saturated rings. The van der Waals surface area contributed by atoms with Crippen LogP contribution in [-0.4, -0.2) is 34.0 Å². The van der Waals surface area contributed by atoms with Crippen molar-refractivity contribution in [2.75, 3.05) is 6.26 Å². The van der Waals surface area contributed by atoms with Gasteiger partial charge in [-0.3, -0.25) is 8.98 Å². The fourth-order valence-electron chi connectivity index (χ4n) is 2.22. The highest BCUT2D eigenvalue weighted by molar-refractivity contribution is 9.39. The molecule has 0 aromatic heterocycles. The molecule has 0 aromatic rings. The summed E-state index contributed by atoms with van der Waals surface area (Å²) in [6.07, 6.45) is 0.0628. The van der Waals surface area contributed by atoms with Crippen LogP contribution in [0, 0.1) is 17.3 Å². The van der Waals surface area contributed by atoms with E-state index in [2.05, 4.69) is 47.8 Å². The van der Waals surface area contributed by atoms with Crippen molar-refractivity contribution in [2.24, 2.45) is 17.3 Å². The van der Waals surface area contributed by atoms with E-state index in [1.54, 1.807) is 13.8 Å². The van der Waals surface area contributed by atoms with E-state index in [-0.39, 0.29) is 0 Å². The first kappa shape index (κ1) is 16.9. The van der Waals surface area contributed by atoms with Crippen molar-refractivity contribution in [2.45, 2.75) is 22.1 Å². The molecule has 0 aromatic carbocycles. The standard InChI is InChI=1S/C9H13Br3O5S/c1-8(2)4(5(8)7(13)14)6(9(10,11)12)17-18(3,15)16/h4-6H,1-3H3,(H,13,14)/t4-,5+,6+/m1/s1. The molecular weight excluding hydrogens is 460 g/mol. The smallest absolute Gasteiger partial charge is 0.307 e. The molecule has 0 bridgehead atoms. The second-order valence-electron chi connectivity index (χ2n) is 4.93. The van der Waals surface area contributed by atoms with Crippen LogP contribution in [0.1, 0.15) is 13.8 Å². The third kappa shape index (κ3) is 3.68. The topological polar surface area (TPSA) is 80.7 Å². The van der Waals surface area contributed by atoms with Gasteiger partial charge >= 0.3 is 5.97 Å². The van der Waals surface area contributed by atoms with Gasteiger partial charge in [-0.15, -0.1) is 0 Å². The molecule has 1 aliphatic carbocycles. The van der Waals surface area contributed by atoms with Crippen LogP contribution in [0.3, 0.4) is 0 Å². The number of carbonyl (C=O) groups is 1. The first-order valence-electron chi connectivity index (χ1n) is 4.96. The monoisotopic (exact) mass is 470 g/mol. The molecule has 0 radical (unpaired) electrons. The summed E-state index contributed by atoms with van der Waals surface area (Å²) in [5, 5.41) is 9.12. The highest BCUT2D eigenvalue weighted by Crippen LogP contribution is 2.64. The molecule has 18 heavy (non-hydrogen) atoms. The normalized spacial score (nSPS) is 28.8. The van der Waals surface area contributed by atoms with Crippen LogP contribution in [0.4, 0.5) is 0 Å². The Morgan fingerprint density at radius 3 is 2.06 bits per heavy atom. The number of carboxylic acid groups (broad SMARTS) is 1. The predicted octanol–water partition coefficient (Wildman–Crippen LogP) is 2.53. The van der Waals surface area contributed by atoms with Crippen molar-refractivity contribution in [3.63, 3.8) is 0 Å². The molecule has 0 amide bonds. The van der Waals surface area contributed by atoms with Gasteiger partial charge < -0.3 is 5.11 Å². The molecule has 5 nitrogen and oxygen atoms in total. The van der Waals surface area contributed by atoms with Gasteiger partial charge in [0.25, 0.3) is 10.1 Å². The van der Waals surface area contributed by atoms with Gasteiger partial charge in [0.15, 0.2) is 2.14 Å². The average Bonchev–Trinajstić information content (AvgIpc) is 2.60. The Morgan fingerprint density at radius 2 is 1.83 bits per heavy atom. The van der Waals surface area contributed by atoms with Gasteiger partial charge in [-0.1, -0.05) is 61.6 Å². The average molecular weight is 473 g/mol. The number of carboxylic acids is 1. The van der Waals surface area contributed by atoms with Gasteiger partial charge in [0.1, 0.15) is 6.10 Å². The predicted molar refractivity (Wildman–Crippen MR) is 77.6 cm³/mol. The first-order valence-corrected chi connectivity index (χ1v) is 9.16. The van der Waals surface area contributed by atoms with Crippen molar-refractivity contribution >= 4 is 63.9 Å². The Morgan fingerprint density at radius 1 is 1.39 bits per heavy atom. The van der Waals surface area contributed by atoms with Gasteiger partial charge in [-0.25, -0.2) is 0 Å². The van der Waals surface area contributed by atoms with Gasteiger partial charge in [-0.05, 0) is 5.41 Å². The summed E-state index contributed by atoms with van der Waals surface area (Å²) in [7, 11) is -3.69. The summed E-state index contributed by atoms with van der Waals surface area (Å²) in [5.41, 5.74) is -0.526. The van der Waals surface area contributed by atoms with Crippen LogP contribution < -0.4 is 0 Å². The van der Waals surface area contributed by atoms with E-state index in [1.165, 1.54) is 0 Å². The van der Waals surface area contributed by atoms with E-state index in [1.807, 2.05) is 0 Å². The zero-order chi connectivity index (χ0) is 14.5. The van der Waals surface area contributed by atoms with Crippen molar-refractivity contribution in [1.82, 2.24) is 0 Å². The molecule has 1 N–H and O–H groups in total. The largest absolute Gasteiger partial charge is 0.481 e. The van der Waals surface area contributed by atoms with Crippen LogP contribution in [-0.2, 0) is 19.1 Å². The van der Waals surface area contributed by atoms with E-state index in [0.29, 0.717) is 0 Å². The molecule has 0 unspecified atom stereocenters. The lowest BCUT2D eigenvalue weighted by molar-refractivity contribution is -0.139. The Hall–Kier alpha value is 0.820. The fraction of sp³-hybridized carbons (Fsp3) is 0.889. The SMILES string of the molecule is CC1(C)[C@@H]([C@H](OS(C)(=O)=O)C(Br)(Br)Br)[C@H]1C(=O)O. The molecule has 0 heterocycles. The zero-order valence-corrected chi connectivity index (χ0v) is 15.4. The Labute approximate surface area is 131 Å². The molecule has 106 valence electrons. The number of halogens is 3. The van der Waals surface area contributed by atoms with E-state index in [4.69, 9.17) is 9.29 Å². The number of hydrogen-bond acceptors (Lipinski definition) is 4. The van der Waals surface area contributed by atoms with E-state index < -0.39 is 41.6 Å². The van der Waals surface area contributed by atoms with Crippen LogP contribution in [0.2, 0.25) is 0 Å². The van der Waals surface area contributed by atoms with Gasteiger partial charge in [0, 0.05) is 5.92 Å². The van der Waals surface area contributed by atoms with Crippen molar-refractivity contribution in [3.05, 3.63) is 0 Å². The molecular formula is C9H13Br3O5S. The second-order valence-corrected chi connectivity index (χ2v) is 13.5. The molecule has 1 saturated carbocycles. The van der Waals surface area contributed by atoms with E-state index in [9.17, 15) is 13.2 Å². The summed E-state index contributed by atoms with van der Waals surface area (Å²) in [5.74, 6) is -2.03. The maximum absolute atomic E-state index is 11.3. The van der Waals surface area contributed by atoms with Crippen LogP contribution in [0.15, 0.2) is 0 Å². The van der Waals surface area contributed by atoms with Crippen LogP contribution in [0.5, 0.6) is 0 Å². The fourth-order valence-corrected chi connectivity index (χ4v) is 4.37. The maximum Gasteiger partial charge on any atom is 0.307 e. The molecule has 1 rings (SSSR count). The van der Waals surface area contributed by atoms with Gasteiger partial charge in [-0.2, -0.15) is 8.42 Å². The Balaban J connectivity index is 3.05. The van der Waals surface area contributed by atoms with Crippen molar-refractivity contribution in [1.29, 1.82) is 0 Å². The first-order chi connectivity index (χ1) is 7.78. The molecule has 1 aliphatic rings. The molecule has 9 heteroatoms. The van der Waals surface area contributed by atoms with Crippen molar-refractivity contribution < 1.29 is 22.5 Å². The molecule has 0 saturated heterocycles. The minimum Gasteiger partial charge on any atom is -0.481 e. The summed E-state index contributed by atoms with van der Waals surface area (Å²) >= 11 is 9.65. The van der Waals surface area contributed by atoms with Crippen LogP contribution >= 0.6 is 47.8 Å². The minimum absolute atomic E-state index is 0.428. The highest BCUT2D eigenvalue weighted by atomic mass is 80.0. The second kappa shape index (κ2) is 4.98. The summed E-state index contributed by atoms with van der Waals surface area (Å²) in [4.78, 5) is 11.1. The third-order valence-electron chi connectivity index (χ3n) is 3.10. The molecule has 3 atom stereocenters. The minimum atomic E-state index is -3.69. The lowest BCUT2D eigenvalue weighted by atomic mass is 10.1. The third-order valence-corrected chi connectivity index (χ3v) is 5.01. The maximum atomic E-state index is 11.3. The summed E-state index contributed by atoms with van der Waals surface area (Å²) in [6.45, 7) is 3.54. The molecule has 0 spiro atoms. The van der Waals surface area contributed by atoms with Crippen LogP contribution in [0.25, 0.3) is 0 Å². The lowest BCUT2D eigenvalue weighted by Gasteiger charge is -2.25. The summed E-state index contributed by atoms with van der Waals surface area (Å²) < 4.78 is 26.6. The van der Waals surface area contributed by atoms with Gasteiger partial charge in [0.05, 0.1) is 12.2 Å². The number of hydrogen-bond donors (Lipinski definition) is 1. The van der Waals surface area contributed by atoms with Gasteiger partial charge in [0.2, 0.25) is 0 Å². The lowest BCUT2D eigenvalue weighted by Crippen LogP contribution is -2.34. The molecule has 0 aliphatic heterocycles. The summed E-state index contributed by atoms with van der Waals surface area (Å²) in [6, 6.07) is 0. The zero-order valence-electron chi connectivity index (χ0n) is 9.85. The van der Waals surface area contributed by atoms with Crippen molar-refractivity contribution in [3.8, 4) is 0 Å². The Bertz CT molecular complexity index is 453. The number of rotatable bonds is 4. The number of aliphatic carboxylic acids is 1. The number of alkyl halides is 3. The quantitative estimate of drug-likeness (QED) is 0.502. The van der Waals surface area contributed by atoms with E-state index >= 15 is 0 Å². The Kier molecular flexibility index (Phi) is 4.67.